The van der Waals surface area contributed by atoms with Crippen LogP contribution in [0.15, 0.2) is 33.3 Å². The molecule has 0 atom stereocenters. The third kappa shape index (κ3) is 4.00. The molecular formula is C16H19N3O4S2. The highest BCUT2D eigenvalue weighted by atomic mass is 32.2. The molecule has 2 N–H and O–H groups in total. The first-order valence-electron chi connectivity index (χ1n) is 7.94. The summed E-state index contributed by atoms with van der Waals surface area (Å²) in [5, 5.41) is 1.65. The van der Waals surface area contributed by atoms with E-state index in [4.69, 9.17) is 0 Å². The van der Waals surface area contributed by atoms with Crippen molar-refractivity contribution in [3.05, 3.63) is 50.1 Å². The molecule has 0 spiro atoms. The average molecular weight is 381 g/mol. The smallest absolute Gasteiger partial charge is 0.294 e. The van der Waals surface area contributed by atoms with E-state index in [9.17, 15) is 18.0 Å². The summed E-state index contributed by atoms with van der Waals surface area (Å²) in [5.74, 6) is -0.606. The van der Waals surface area contributed by atoms with Crippen LogP contribution in [-0.4, -0.2) is 18.9 Å². The van der Waals surface area contributed by atoms with Gasteiger partial charge in [0, 0.05) is 11.1 Å². The molecule has 1 aliphatic rings. The molecule has 3 rings (SSSR count). The second kappa shape index (κ2) is 7.11. The quantitative estimate of drug-likeness (QED) is 0.758. The molecule has 7 nitrogen and oxygen atoms in total. The van der Waals surface area contributed by atoms with Crippen molar-refractivity contribution in [2.75, 3.05) is 0 Å². The van der Waals surface area contributed by atoms with Crippen LogP contribution in [0.3, 0.4) is 0 Å². The van der Waals surface area contributed by atoms with Crippen LogP contribution in [0.4, 0.5) is 0 Å². The number of hydrazine groups is 1. The number of thiazole rings is 1. The largest absolute Gasteiger partial charge is 0.307 e. The average Bonchev–Trinajstić information content (AvgIpc) is 2.91. The van der Waals surface area contributed by atoms with E-state index in [-0.39, 0.29) is 16.3 Å². The Morgan fingerprint density at radius 2 is 1.96 bits per heavy atom. The minimum atomic E-state index is -3.85. The summed E-state index contributed by atoms with van der Waals surface area (Å²) < 4.78 is 26.0. The lowest BCUT2D eigenvalue weighted by Gasteiger charge is -2.17. The summed E-state index contributed by atoms with van der Waals surface area (Å²) in [6, 6.07) is 5.04. The molecule has 0 fully saturated rings. The van der Waals surface area contributed by atoms with Gasteiger partial charge in [-0.2, -0.15) is 0 Å². The standard InChI is InChI=1S/C16H19N3O4S2/c1-11-10-24-16(21)19(11)9-15(20)17-18-25(22,23)14-7-6-12-4-2-3-5-13(12)8-14/h6-8,10,18H,2-5,9H2,1H3,(H,17,20). The third-order valence-corrected chi connectivity index (χ3v) is 6.36. The molecule has 0 saturated heterocycles. The number of nitrogens with zero attached hydrogens (tertiary/aromatic N) is 1. The predicted octanol–water partition coefficient (Wildman–Crippen LogP) is 1.11. The molecule has 1 aromatic carbocycles. The van der Waals surface area contributed by atoms with Crippen molar-refractivity contribution in [1.82, 2.24) is 14.8 Å². The summed E-state index contributed by atoms with van der Waals surface area (Å²) in [4.78, 5) is 25.5. The lowest BCUT2D eigenvalue weighted by Crippen LogP contribution is -2.43. The fourth-order valence-electron chi connectivity index (χ4n) is 2.84. The van der Waals surface area contributed by atoms with Crippen LogP contribution in [0, 0.1) is 6.92 Å². The highest BCUT2D eigenvalue weighted by molar-refractivity contribution is 7.89. The summed E-state index contributed by atoms with van der Waals surface area (Å²) in [6.45, 7) is 1.48. The number of sulfonamides is 1. The number of nitrogens with one attached hydrogen (secondary N) is 2. The second-order valence-electron chi connectivity index (χ2n) is 6.02. The van der Waals surface area contributed by atoms with Gasteiger partial charge in [0.1, 0.15) is 6.54 Å². The summed E-state index contributed by atoms with van der Waals surface area (Å²) in [5.41, 5.74) is 5.04. The fraction of sp³-hybridized carbons (Fsp3) is 0.375. The number of fused-ring (bicyclic) bond motifs is 1. The van der Waals surface area contributed by atoms with E-state index < -0.39 is 15.9 Å². The van der Waals surface area contributed by atoms with Crippen LogP contribution in [0.5, 0.6) is 0 Å². The Balaban J connectivity index is 1.67. The number of carbonyl (C=O) groups excluding carboxylic acids is 1. The molecule has 134 valence electrons. The molecule has 25 heavy (non-hydrogen) atoms. The van der Waals surface area contributed by atoms with Crippen molar-refractivity contribution in [2.45, 2.75) is 44.0 Å². The number of aryl methyl sites for hydroxylation is 3. The van der Waals surface area contributed by atoms with Gasteiger partial charge in [-0.1, -0.05) is 17.4 Å². The van der Waals surface area contributed by atoms with Crippen molar-refractivity contribution in [3.63, 3.8) is 0 Å². The van der Waals surface area contributed by atoms with Gasteiger partial charge in [-0.25, -0.2) is 8.42 Å². The zero-order valence-corrected chi connectivity index (χ0v) is 15.4. The van der Waals surface area contributed by atoms with E-state index in [1.165, 1.54) is 10.1 Å². The third-order valence-electron chi connectivity index (χ3n) is 4.23. The number of aromatic nitrogens is 1. The van der Waals surface area contributed by atoms with Gasteiger partial charge >= 0.3 is 4.87 Å². The fourth-order valence-corrected chi connectivity index (χ4v) is 4.48. The molecular weight excluding hydrogens is 362 g/mol. The van der Waals surface area contributed by atoms with Gasteiger partial charge in [-0.3, -0.25) is 19.6 Å². The van der Waals surface area contributed by atoms with E-state index in [1.807, 2.05) is 6.07 Å². The van der Waals surface area contributed by atoms with Crippen LogP contribution >= 0.6 is 11.3 Å². The topological polar surface area (TPSA) is 97.3 Å². The molecule has 1 aliphatic carbocycles. The molecule has 9 heteroatoms. The van der Waals surface area contributed by atoms with Crippen molar-refractivity contribution in [2.24, 2.45) is 0 Å². The van der Waals surface area contributed by atoms with Gasteiger partial charge in [-0.05, 0) is 55.9 Å². The lowest BCUT2D eigenvalue weighted by atomic mass is 9.92. The first-order chi connectivity index (χ1) is 11.9. The summed E-state index contributed by atoms with van der Waals surface area (Å²) in [6.07, 6.45) is 4.00. The van der Waals surface area contributed by atoms with E-state index in [1.54, 1.807) is 24.4 Å². The molecule has 1 aromatic heterocycles. The Morgan fingerprint density at radius 3 is 2.64 bits per heavy atom. The predicted molar refractivity (Wildman–Crippen MR) is 94.9 cm³/mol. The Morgan fingerprint density at radius 1 is 1.24 bits per heavy atom. The van der Waals surface area contributed by atoms with Crippen LogP contribution < -0.4 is 15.1 Å². The van der Waals surface area contributed by atoms with E-state index in [0.717, 1.165) is 42.6 Å². The number of hydrogen-bond acceptors (Lipinski definition) is 5. The van der Waals surface area contributed by atoms with Crippen LogP contribution in [0.25, 0.3) is 0 Å². The van der Waals surface area contributed by atoms with Crippen LogP contribution in [0.1, 0.15) is 29.7 Å². The molecule has 2 aromatic rings. The number of carbonyl (C=O) groups is 1. The molecule has 0 saturated carbocycles. The van der Waals surface area contributed by atoms with E-state index >= 15 is 0 Å². The van der Waals surface area contributed by atoms with Gasteiger partial charge in [0.2, 0.25) is 0 Å². The normalized spacial score (nSPS) is 14.1. The van der Waals surface area contributed by atoms with E-state index in [0.29, 0.717) is 5.69 Å². The number of benzene rings is 1. The SMILES string of the molecule is Cc1csc(=O)n1CC(=O)NNS(=O)(=O)c1ccc2c(c1)CCCC2. The van der Waals surface area contributed by atoms with Gasteiger partial charge < -0.3 is 0 Å². The molecule has 0 radical (unpaired) electrons. The minimum Gasteiger partial charge on any atom is -0.294 e. The molecule has 1 amide bonds. The maximum Gasteiger partial charge on any atom is 0.307 e. The van der Waals surface area contributed by atoms with Crippen molar-refractivity contribution >= 4 is 27.3 Å². The highest BCUT2D eigenvalue weighted by Gasteiger charge is 2.19. The molecule has 0 bridgehead atoms. The first kappa shape index (κ1) is 17.8. The molecule has 1 heterocycles. The van der Waals surface area contributed by atoms with E-state index in [2.05, 4.69) is 10.3 Å². The Hall–Kier alpha value is -1.97. The monoisotopic (exact) mass is 381 g/mol. The highest BCUT2D eigenvalue weighted by Crippen LogP contribution is 2.23. The Bertz CT molecular complexity index is 960. The number of amides is 1. The van der Waals surface area contributed by atoms with Crippen molar-refractivity contribution in [1.29, 1.82) is 0 Å². The molecule has 0 unspecified atom stereocenters. The van der Waals surface area contributed by atoms with Crippen molar-refractivity contribution in [3.8, 4) is 0 Å². The zero-order valence-electron chi connectivity index (χ0n) is 13.7. The zero-order chi connectivity index (χ0) is 18.0. The van der Waals surface area contributed by atoms with Gasteiger partial charge in [0.25, 0.3) is 15.9 Å². The Labute approximate surface area is 149 Å². The lowest BCUT2D eigenvalue weighted by molar-refractivity contribution is -0.122. The van der Waals surface area contributed by atoms with Gasteiger partial charge in [0.15, 0.2) is 0 Å². The first-order valence-corrected chi connectivity index (χ1v) is 10.3. The maximum atomic E-state index is 12.4. The van der Waals surface area contributed by atoms with Crippen LogP contribution in [-0.2, 0) is 34.2 Å². The summed E-state index contributed by atoms with van der Waals surface area (Å²) in [7, 11) is -3.85. The molecule has 0 aliphatic heterocycles. The van der Waals surface area contributed by atoms with Gasteiger partial charge in [0.05, 0.1) is 4.90 Å². The van der Waals surface area contributed by atoms with Crippen molar-refractivity contribution < 1.29 is 13.2 Å². The second-order valence-corrected chi connectivity index (χ2v) is 8.52. The summed E-state index contributed by atoms with van der Waals surface area (Å²) >= 11 is 0.995. The minimum absolute atomic E-state index is 0.123. The van der Waals surface area contributed by atoms with Gasteiger partial charge in [-0.15, -0.1) is 4.83 Å². The Kier molecular flexibility index (Phi) is 5.07. The van der Waals surface area contributed by atoms with Crippen LogP contribution in [0.2, 0.25) is 0 Å². The number of hydrogen-bond donors (Lipinski definition) is 2. The maximum absolute atomic E-state index is 12.4. The number of rotatable bonds is 5.